The third kappa shape index (κ3) is 1.39. The smallest absolute Gasteiger partial charge is 0.147 e. The third-order valence-corrected chi connectivity index (χ3v) is 3.21. The van der Waals surface area contributed by atoms with Crippen molar-refractivity contribution in [3.63, 3.8) is 0 Å². The Morgan fingerprint density at radius 1 is 1.27 bits per heavy atom. The van der Waals surface area contributed by atoms with Crippen LogP contribution < -0.4 is 0 Å². The van der Waals surface area contributed by atoms with Gasteiger partial charge in [0.1, 0.15) is 17.0 Å². The molecule has 1 fully saturated rings. The zero-order chi connectivity index (χ0) is 10.3. The van der Waals surface area contributed by atoms with Crippen LogP contribution in [0, 0.1) is 0 Å². The second kappa shape index (κ2) is 3.26. The van der Waals surface area contributed by atoms with Gasteiger partial charge in [-0.25, -0.2) is 0 Å². The zero-order valence-corrected chi connectivity index (χ0v) is 8.44. The summed E-state index contributed by atoms with van der Waals surface area (Å²) in [4.78, 5) is 0. The number of benzene rings is 1. The number of hydrogen-bond acceptors (Lipinski definition) is 3. The highest BCUT2D eigenvalue weighted by Gasteiger charge is 2.23. The lowest BCUT2D eigenvalue weighted by Crippen LogP contribution is -1.89. The van der Waals surface area contributed by atoms with E-state index in [1.54, 1.807) is 18.2 Å². The molecule has 0 amide bonds. The molecule has 1 aliphatic rings. The Morgan fingerprint density at radius 3 is 2.87 bits per heavy atom. The topological polar surface area (TPSA) is 46.3 Å². The standard InChI is InChI=1S/C12H13NO2/c14-9-5-6-11-10(7-9)12(15-13-11)8-3-1-2-4-8/h5-8,14H,1-4H2. The number of aromatic nitrogens is 1. The summed E-state index contributed by atoms with van der Waals surface area (Å²) < 4.78 is 5.39. The summed E-state index contributed by atoms with van der Waals surface area (Å²) in [5.74, 6) is 1.74. The van der Waals surface area contributed by atoms with E-state index >= 15 is 0 Å². The molecule has 1 aromatic heterocycles. The molecule has 78 valence electrons. The fraction of sp³-hybridized carbons (Fsp3) is 0.417. The van der Waals surface area contributed by atoms with Crippen LogP contribution in [0.3, 0.4) is 0 Å². The number of aromatic hydroxyl groups is 1. The predicted octanol–water partition coefficient (Wildman–Crippen LogP) is 3.19. The highest BCUT2D eigenvalue weighted by Crippen LogP contribution is 2.38. The molecule has 15 heavy (non-hydrogen) atoms. The Morgan fingerprint density at radius 2 is 2.07 bits per heavy atom. The SMILES string of the molecule is Oc1ccc2noc(C3CCCC3)c2c1. The van der Waals surface area contributed by atoms with E-state index < -0.39 is 0 Å². The first-order valence-electron chi connectivity index (χ1n) is 5.43. The average molecular weight is 203 g/mol. The molecule has 0 unspecified atom stereocenters. The largest absolute Gasteiger partial charge is 0.508 e. The molecule has 1 heterocycles. The van der Waals surface area contributed by atoms with Crippen molar-refractivity contribution in [2.75, 3.05) is 0 Å². The molecule has 0 aliphatic heterocycles. The summed E-state index contributed by atoms with van der Waals surface area (Å²) in [5, 5.41) is 14.4. The van der Waals surface area contributed by atoms with Gasteiger partial charge in [0.15, 0.2) is 0 Å². The van der Waals surface area contributed by atoms with E-state index in [2.05, 4.69) is 5.16 Å². The molecule has 3 heteroatoms. The fourth-order valence-electron chi connectivity index (χ4n) is 2.43. The van der Waals surface area contributed by atoms with Gasteiger partial charge in [0.05, 0.1) is 0 Å². The number of fused-ring (bicyclic) bond motifs is 1. The Balaban J connectivity index is 2.13. The molecule has 0 spiro atoms. The van der Waals surface area contributed by atoms with Crippen LogP contribution in [0.4, 0.5) is 0 Å². The van der Waals surface area contributed by atoms with Crippen molar-refractivity contribution in [2.45, 2.75) is 31.6 Å². The van der Waals surface area contributed by atoms with Crippen molar-refractivity contribution in [3.8, 4) is 5.75 Å². The van der Waals surface area contributed by atoms with E-state index in [-0.39, 0.29) is 5.75 Å². The van der Waals surface area contributed by atoms with Crippen LogP contribution in [0.15, 0.2) is 22.7 Å². The minimum absolute atomic E-state index is 0.282. The maximum absolute atomic E-state index is 9.45. The molecular formula is C12H13NO2. The van der Waals surface area contributed by atoms with Gasteiger partial charge in [-0.05, 0) is 31.0 Å². The van der Waals surface area contributed by atoms with Gasteiger partial charge in [0, 0.05) is 11.3 Å². The van der Waals surface area contributed by atoms with Crippen LogP contribution in [0.1, 0.15) is 37.4 Å². The lowest BCUT2D eigenvalue weighted by molar-refractivity contribution is 0.368. The van der Waals surface area contributed by atoms with Crippen LogP contribution >= 0.6 is 0 Å². The Hall–Kier alpha value is -1.51. The van der Waals surface area contributed by atoms with E-state index in [9.17, 15) is 5.11 Å². The second-order valence-corrected chi connectivity index (χ2v) is 4.23. The number of phenols is 1. The first-order valence-corrected chi connectivity index (χ1v) is 5.43. The summed E-state index contributed by atoms with van der Waals surface area (Å²) in [6, 6.07) is 5.19. The lowest BCUT2D eigenvalue weighted by Gasteiger charge is -2.03. The second-order valence-electron chi connectivity index (χ2n) is 4.23. The molecule has 0 radical (unpaired) electrons. The Labute approximate surface area is 87.7 Å². The van der Waals surface area contributed by atoms with Crippen LogP contribution in [0.5, 0.6) is 5.75 Å². The molecule has 2 aromatic rings. The van der Waals surface area contributed by atoms with E-state index in [0.29, 0.717) is 5.92 Å². The van der Waals surface area contributed by atoms with Crippen LogP contribution in [-0.4, -0.2) is 10.3 Å². The maximum atomic E-state index is 9.45. The molecule has 3 nitrogen and oxygen atoms in total. The molecule has 3 rings (SSSR count). The van der Waals surface area contributed by atoms with Crippen molar-refractivity contribution in [3.05, 3.63) is 24.0 Å². The minimum Gasteiger partial charge on any atom is -0.508 e. The lowest BCUT2D eigenvalue weighted by atomic mass is 10.0. The maximum Gasteiger partial charge on any atom is 0.147 e. The van der Waals surface area contributed by atoms with E-state index in [0.717, 1.165) is 16.7 Å². The van der Waals surface area contributed by atoms with E-state index in [1.807, 2.05) is 0 Å². The molecular weight excluding hydrogens is 190 g/mol. The van der Waals surface area contributed by atoms with Crippen LogP contribution in [0.25, 0.3) is 10.9 Å². The zero-order valence-electron chi connectivity index (χ0n) is 8.44. The molecule has 1 aliphatic carbocycles. The van der Waals surface area contributed by atoms with Crippen molar-refractivity contribution in [1.82, 2.24) is 5.16 Å². The number of phenolic OH excluding ortho intramolecular Hbond substituents is 1. The monoisotopic (exact) mass is 203 g/mol. The van der Waals surface area contributed by atoms with Crippen LogP contribution in [0.2, 0.25) is 0 Å². The number of nitrogens with zero attached hydrogens (tertiary/aromatic N) is 1. The summed E-state index contributed by atoms with van der Waals surface area (Å²) in [6.07, 6.45) is 4.90. The van der Waals surface area contributed by atoms with Gasteiger partial charge in [-0.2, -0.15) is 0 Å². The molecule has 1 aromatic carbocycles. The average Bonchev–Trinajstić information content (AvgIpc) is 2.83. The fourth-order valence-corrected chi connectivity index (χ4v) is 2.43. The summed E-state index contributed by atoms with van der Waals surface area (Å²) in [5.41, 5.74) is 0.842. The molecule has 1 saturated carbocycles. The third-order valence-electron chi connectivity index (χ3n) is 3.21. The van der Waals surface area contributed by atoms with Crippen molar-refractivity contribution in [1.29, 1.82) is 0 Å². The van der Waals surface area contributed by atoms with Gasteiger partial charge < -0.3 is 9.63 Å². The first kappa shape index (κ1) is 8.77. The summed E-state index contributed by atoms with van der Waals surface area (Å²) in [7, 11) is 0. The molecule has 0 atom stereocenters. The highest BCUT2D eigenvalue weighted by molar-refractivity contribution is 5.82. The Kier molecular flexibility index (Phi) is 1.91. The highest BCUT2D eigenvalue weighted by atomic mass is 16.5. The van der Waals surface area contributed by atoms with Gasteiger partial charge in [-0.3, -0.25) is 0 Å². The van der Waals surface area contributed by atoms with E-state index in [1.165, 1.54) is 25.7 Å². The number of hydrogen-bond donors (Lipinski definition) is 1. The van der Waals surface area contributed by atoms with Crippen molar-refractivity contribution in [2.24, 2.45) is 0 Å². The van der Waals surface area contributed by atoms with Gasteiger partial charge >= 0.3 is 0 Å². The van der Waals surface area contributed by atoms with Gasteiger partial charge in [0.2, 0.25) is 0 Å². The number of rotatable bonds is 1. The quantitative estimate of drug-likeness (QED) is 0.774. The van der Waals surface area contributed by atoms with Crippen LogP contribution in [-0.2, 0) is 0 Å². The van der Waals surface area contributed by atoms with E-state index in [4.69, 9.17) is 4.52 Å². The Bertz CT molecular complexity index is 483. The van der Waals surface area contributed by atoms with Gasteiger partial charge in [-0.1, -0.05) is 18.0 Å². The predicted molar refractivity (Wildman–Crippen MR) is 56.9 cm³/mol. The van der Waals surface area contributed by atoms with Crippen molar-refractivity contribution >= 4 is 10.9 Å². The summed E-state index contributed by atoms with van der Waals surface area (Å²) >= 11 is 0. The van der Waals surface area contributed by atoms with Gasteiger partial charge in [-0.15, -0.1) is 0 Å². The summed E-state index contributed by atoms with van der Waals surface area (Å²) in [6.45, 7) is 0. The first-order chi connectivity index (χ1) is 7.34. The van der Waals surface area contributed by atoms with Crippen molar-refractivity contribution < 1.29 is 9.63 Å². The molecule has 1 N–H and O–H groups in total. The van der Waals surface area contributed by atoms with Gasteiger partial charge in [0.25, 0.3) is 0 Å². The molecule has 0 saturated heterocycles. The molecule has 0 bridgehead atoms. The minimum atomic E-state index is 0.282. The normalized spacial score (nSPS) is 17.6.